The number of aromatic nitrogens is 2. The second kappa shape index (κ2) is 12.5. The summed E-state index contributed by atoms with van der Waals surface area (Å²) in [6, 6.07) is 4.04. The molecule has 2 amide bonds. The summed E-state index contributed by atoms with van der Waals surface area (Å²) in [6.45, 7) is 3.19. The third-order valence-electron chi connectivity index (χ3n) is 7.79. The van der Waals surface area contributed by atoms with E-state index in [1.165, 1.54) is 29.2 Å². The third kappa shape index (κ3) is 7.97. The van der Waals surface area contributed by atoms with Gasteiger partial charge in [0.25, 0.3) is 5.92 Å². The van der Waals surface area contributed by atoms with Gasteiger partial charge in [-0.2, -0.15) is 13.2 Å². The van der Waals surface area contributed by atoms with Gasteiger partial charge in [0, 0.05) is 56.4 Å². The quantitative estimate of drug-likeness (QED) is 0.407. The lowest BCUT2D eigenvalue weighted by Gasteiger charge is -2.44. The first-order valence-electron chi connectivity index (χ1n) is 14.1. The number of aliphatic hydroxyl groups is 1. The van der Waals surface area contributed by atoms with Gasteiger partial charge in [-0.1, -0.05) is 12.1 Å². The third-order valence-corrected chi connectivity index (χ3v) is 7.79. The number of halogens is 6. The van der Waals surface area contributed by atoms with Gasteiger partial charge in [-0.25, -0.2) is 27.9 Å². The lowest BCUT2D eigenvalue weighted by molar-refractivity contribution is -0.149. The Kier molecular flexibility index (Phi) is 9.50. The zero-order chi connectivity index (χ0) is 32.6. The first kappa shape index (κ1) is 33.4. The van der Waals surface area contributed by atoms with E-state index in [4.69, 9.17) is 0 Å². The average Bonchev–Trinajstić information content (AvgIpc) is 2.89. The summed E-state index contributed by atoms with van der Waals surface area (Å²) in [5.41, 5.74) is -1.74. The molecule has 1 aromatic carbocycles. The Hall–Kier alpha value is -3.46. The highest BCUT2D eigenvalue weighted by Crippen LogP contribution is 2.35. The predicted octanol–water partition coefficient (Wildman–Crippen LogP) is 4.70. The molecular formula is C29H35F6N5O4. The first-order valence-corrected chi connectivity index (χ1v) is 14.1. The maximum absolute atomic E-state index is 14.2. The Morgan fingerprint density at radius 3 is 2.36 bits per heavy atom. The molecule has 1 aromatic heterocycles. The Morgan fingerprint density at radius 2 is 1.77 bits per heavy atom. The first-order chi connectivity index (χ1) is 20.3. The minimum absolute atomic E-state index is 0.0306. The van der Waals surface area contributed by atoms with Gasteiger partial charge < -0.3 is 15.1 Å². The van der Waals surface area contributed by atoms with Crippen LogP contribution in [0, 0.1) is 5.82 Å². The van der Waals surface area contributed by atoms with Crippen LogP contribution in [-0.2, 0) is 30.4 Å². The number of likely N-dealkylation sites (tertiary alicyclic amines) is 1. The number of hydrogen-bond donors (Lipinski definition) is 2. The van der Waals surface area contributed by atoms with Gasteiger partial charge in [0.2, 0.25) is 5.91 Å². The number of nitrogens with zero attached hydrogens (tertiary/aromatic N) is 5. The maximum Gasteiger partial charge on any atom is 0.433 e. The number of piperidine rings is 1. The monoisotopic (exact) mass is 631 g/mol. The van der Waals surface area contributed by atoms with Crippen LogP contribution in [0.1, 0.15) is 68.4 Å². The second-order valence-electron chi connectivity index (χ2n) is 12.3. The summed E-state index contributed by atoms with van der Waals surface area (Å²) in [5, 5.41) is 21.3. The van der Waals surface area contributed by atoms with E-state index in [0.717, 1.165) is 9.80 Å². The molecule has 1 saturated heterocycles. The molecule has 44 heavy (non-hydrogen) atoms. The van der Waals surface area contributed by atoms with Crippen LogP contribution in [-0.4, -0.2) is 90.2 Å². The molecule has 0 spiro atoms. The standard InChI is InChI=1S/C29H35F6N5O4/c1-27(2,3)40(26(43)44)19(14-39-16-28(31,32)10-8-23(39)41)13-24(42)38-11-9-20-21(15-38)36-22(37-25(20)29(33,34)35)12-17-4-6-18(30)7-5-17/h4-7,19,24,42H,8-16H2,1-3H3,(H,43,44)/t19-,24?/m0/s1. The lowest BCUT2D eigenvalue weighted by atomic mass is 9.97. The molecule has 9 nitrogen and oxygen atoms in total. The van der Waals surface area contributed by atoms with Crippen LogP contribution >= 0.6 is 0 Å². The fraction of sp³-hybridized carbons (Fsp3) is 0.586. The van der Waals surface area contributed by atoms with E-state index in [1.54, 1.807) is 20.8 Å². The number of benzene rings is 1. The molecule has 2 N–H and O–H groups in total. The molecule has 15 heteroatoms. The number of carbonyl (C=O) groups excluding carboxylic acids is 1. The summed E-state index contributed by atoms with van der Waals surface area (Å²) in [5.74, 6) is -4.37. The minimum Gasteiger partial charge on any atom is -0.465 e. The summed E-state index contributed by atoms with van der Waals surface area (Å²) >= 11 is 0. The van der Waals surface area contributed by atoms with Crippen molar-refractivity contribution in [3.8, 4) is 0 Å². The highest BCUT2D eigenvalue weighted by atomic mass is 19.4. The molecule has 0 bridgehead atoms. The van der Waals surface area contributed by atoms with Gasteiger partial charge in [0.15, 0.2) is 5.69 Å². The van der Waals surface area contributed by atoms with Crippen LogP contribution < -0.4 is 0 Å². The van der Waals surface area contributed by atoms with Crippen LogP contribution in [0.5, 0.6) is 0 Å². The molecule has 3 heterocycles. The molecule has 0 saturated carbocycles. The molecule has 1 unspecified atom stereocenters. The van der Waals surface area contributed by atoms with Gasteiger partial charge in [-0.3, -0.25) is 14.6 Å². The van der Waals surface area contributed by atoms with Crippen LogP contribution in [0.2, 0.25) is 0 Å². The number of alkyl halides is 5. The zero-order valence-corrected chi connectivity index (χ0v) is 24.5. The summed E-state index contributed by atoms with van der Waals surface area (Å²) < 4.78 is 83.7. The van der Waals surface area contributed by atoms with E-state index in [-0.39, 0.29) is 49.4 Å². The normalized spacial score (nSPS) is 19.0. The smallest absolute Gasteiger partial charge is 0.433 e. The van der Waals surface area contributed by atoms with E-state index in [2.05, 4.69) is 9.97 Å². The average molecular weight is 632 g/mol. The molecular weight excluding hydrogens is 596 g/mol. The van der Waals surface area contributed by atoms with E-state index < -0.39 is 79.4 Å². The molecule has 1 fully saturated rings. The number of aliphatic hydroxyl groups excluding tert-OH is 1. The Bertz CT molecular complexity index is 1370. The van der Waals surface area contributed by atoms with Gasteiger partial charge in [-0.15, -0.1) is 0 Å². The van der Waals surface area contributed by atoms with Crippen molar-refractivity contribution in [2.24, 2.45) is 0 Å². The van der Waals surface area contributed by atoms with E-state index in [0.29, 0.717) is 5.56 Å². The molecule has 0 aliphatic carbocycles. The van der Waals surface area contributed by atoms with Crippen LogP contribution in [0.25, 0.3) is 0 Å². The molecule has 2 atom stereocenters. The van der Waals surface area contributed by atoms with E-state index in [1.807, 2.05) is 0 Å². The largest absolute Gasteiger partial charge is 0.465 e. The molecule has 2 aromatic rings. The van der Waals surface area contributed by atoms with Crippen molar-refractivity contribution < 1.29 is 46.1 Å². The van der Waals surface area contributed by atoms with Crippen LogP contribution in [0.3, 0.4) is 0 Å². The Morgan fingerprint density at radius 1 is 1.11 bits per heavy atom. The molecule has 4 rings (SSSR count). The fourth-order valence-corrected chi connectivity index (χ4v) is 5.81. The minimum atomic E-state index is -4.78. The Labute approximate surface area is 250 Å². The van der Waals surface area contributed by atoms with Crippen molar-refractivity contribution in [1.82, 2.24) is 24.7 Å². The Balaban J connectivity index is 1.61. The topological polar surface area (TPSA) is 110 Å². The van der Waals surface area contributed by atoms with Gasteiger partial charge >= 0.3 is 12.3 Å². The number of amides is 2. The van der Waals surface area contributed by atoms with Crippen molar-refractivity contribution in [3.05, 3.63) is 58.4 Å². The summed E-state index contributed by atoms with van der Waals surface area (Å²) in [7, 11) is 0. The predicted molar refractivity (Wildman–Crippen MR) is 145 cm³/mol. The van der Waals surface area contributed by atoms with Gasteiger partial charge in [-0.05, 0) is 44.9 Å². The highest BCUT2D eigenvalue weighted by molar-refractivity contribution is 5.77. The molecule has 2 aliphatic rings. The molecule has 242 valence electrons. The number of carboxylic acid groups (broad SMARTS) is 1. The SMILES string of the molecule is CC(C)(C)N(C(=O)O)[C@@H](CC(O)N1CCc2c(nc(Cc3ccc(F)cc3)nc2C(F)(F)F)C1)CN1CC(F)(F)CCC1=O. The van der Waals surface area contributed by atoms with Crippen LogP contribution in [0.4, 0.5) is 31.1 Å². The summed E-state index contributed by atoms with van der Waals surface area (Å²) in [4.78, 5) is 36.3. The van der Waals surface area contributed by atoms with Gasteiger partial charge in [0.05, 0.1) is 18.3 Å². The fourth-order valence-electron chi connectivity index (χ4n) is 5.81. The van der Waals surface area contributed by atoms with E-state index >= 15 is 0 Å². The highest BCUT2D eigenvalue weighted by Gasteiger charge is 2.44. The number of rotatable bonds is 8. The van der Waals surface area contributed by atoms with Crippen molar-refractivity contribution in [2.45, 2.75) is 89.3 Å². The number of hydrogen-bond acceptors (Lipinski definition) is 6. The van der Waals surface area contributed by atoms with Crippen molar-refractivity contribution in [3.63, 3.8) is 0 Å². The zero-order valence-electron chi connectivity index (χ0n) is 24.5. The number of fused-ring (bicyclic) bond motifs is 1. The number of carbonyl (C=O) groups is 2. The van der Waals surface area contributed by atoms with Gasteiger partial charge in [0.1, 0.15) is 17.9 Å². The van der Waals surface area contributed by atoms with Crippen LogP contribution in [0.15, 0.2) is 24.3 Å². The van der Waals surface area contributed by atoms with E-state index in [9.17, 15) is 46.1 Å². The lowest BCUT2D eigenvalue weighted by Crippen LogP contribution is -2.59. The summed E-state index contributed by atoms with van der Waals surface area (Å²) in [6.07, 6.45) is -9.19. The van der Waals surface area contributed by atoms with Crippen molar-refractivity contribution in [1.29, 1.82) is 0 Å². The molecule has 2 aliphatic heterocycles. The maximum atomic E-state index is 14.2. The van der Waals surface area contributed by atoms with Crippen molar-refractivity contribution in [2.75, 3.05) is 19.6 Å². The molecule has 0 radical (unpaired) electrons. The van der Waals surface area contributed by atoms with Crippen molar-refractivity contribution >= 4 is 12.0 Å². The second-order valence-corrected chi connectivity index (χ2v) is 12.3.